The lowest BCUT2D eigenvalue weighted by atomic mass is 9.95. The first-order chi connectivity index (χ1) is 9.97. The summed E-state index contributed by atoms with van der Waals surface area (Å²) in [7, 11) is -3.69. The first-order valence-electron chi connectivity index (χ1n) is 7.66. The van der Waals surface area contributed by atoms with E-state index in [0.29, 0.717) is 17.6 Å². The number of nitrogens with zero attached hydrogens (tertiary/aromatic N) is 1. The van der Waals surface area contributed by atoms with Crippen LogP contribution in [0.5, 0.6) is 0 Å². The van der Waals surface area contributed by atoms with Crippen LogP contribution in [0.3, 0.4) is 0 Å². The normalized spacial score (nSPS) is 23.9. The van der Waals surface area contributed by atoms with Gasteiger partial charge in [-0.3, -0.25) is 0 Å². The summed E-state index contributed by atoms with van der Waals surface area (Å²) < 4.78 is 23.1. The van der Waals surface area contributed by atoms with E-state index in [-0.39, 0.29) is 4.90 Å². The smallest absolute Gasteiger partial charge is 0.238 e. The topological polar surface area (TPSA) is 89.4 Å². The molecule has 116 valence electrons. The number of primary sulfonamides is 1. The molecule has 1 atom stereocenters. The monoisotopic (exact) mass is 309 g/mol. The molecule has 0 amide bonds. The molecule has 3 rings (SSSR count). The number of benzene rings is 1. The Morgan fingerprint density at radius 1 is 1.10 bits per heavy atom. The Kier molecular flexibility index (Phi) is 3.84. The summed E-state index contributed by atoms with van der Waals surface area (Å²) in [5, 5.41) is 5.24. The summed E-state index contributed by atoms with van der Waals surface area (Å²) in [6, 6.07) is 5.26. The van der Waals surface area contributed by atoms with Gasteiger partial charge in [-0.05, 0) is 49.8 Å². The lowest BCUT2D eigenvalue weighted by molar-refractivity contribution is 0.431. The van der Waals surface area contributed by atoms with E-state index >= 15 is 0 Å². The van der Waals surface area contributed by atoms with E-state index in [4.69, 9.17) is 10.9 Å². The highest BCUT2D eigenvalue weighted by atomic mass is 32.2. The van der Waals surface area contributed by atoms with Crippen molar-refractivity contribution in [2.24, 2.45) is 11.1 Å². The molecule has 1 heterocycles. The maximum atomic E-state index is 11.6. The lowest BCUT2D eigenvalue weighted by Crippen LogP contribution is -2.35. The Morgan fingerprint density at radius 3 is 2.48 bits per heavy atom. The van der Waals surface area contributed by atoms with Gasteiger partial charge in [0.25, 0.3) is 0 Å². The van der Waals surface area contributed by atoms with E-state index in [1.807, 2.05) is 0 Å². The molecule has 1 unspecified atom stereocenters. The summed E-state index contributed by atoms with van der Waals surface area (Å²) in [6.45, 7) is 0.944. The fraction of sp³-hybridized carbons (Fsp3) is 0.600. The highest BCUT2D eigenvalue weighted by molar-refractivity contribution is 7.89. The van der Waals surface area contributed by atoms with Gasteiger partial charge in [0.15, 0.2) is 0 Å². The summed E-state index contributed by atoms with van der Waals surface area (Å²) >= 11 is 0. The van der Waals surface area contributed by atoms with E-state index in [1.54, 1.807) is 12.1 Å². The van der Waals surface area contributed by atoms with E-state index in [1.165, 1.54) is 38.2 Å². The van der Waals surface area contributed by atoms with Gasteiger partial charge in [-0.25, -0.2) is 13.6 Å². The molecule has 1 saturated heterocycles. The van der Waals surface area contributed by atoms with Crippen LogP contribution < -0.4 is 15.8 Å². The van der Waals surface area contributed by atoms with Crippen molar-refractivity contribution in [1.29, 1.82) is 0 Å². The standard InChI is InChI=1S/C15H23N3O2S/c16-13-8-7-12(21(17,19)20)10-15(13)18-9-3-6-14(18)11-4-1-2-5-11/h7-8,10-11,14H,1-6,9,16H2,(H2,17,19,20). The number of hydrogen-bond acceptors (Lipinski definition) is 4. The first kappa shape index (κ1) is 14.7. The molecule has 4 N–H and O–H groups in total. The third kappa shape index (κ3) is 2.87. The van der Waals surface area contributed by atoms with Crippen LogP contribution in [0.15, 0.2) is 23.1 Å². The van der Waals surface area contributed by atoms with Crippen LogP contribution in [0.1, 0.15) is 38.5 Å². The van der Waals surface area contributed by atoms with Crippen LogP contribution in [0.2, 0.25) is 0 Å². The van der Waals surface area contributed by atoms with E-state index in [0.717, 1.165) is 18.7 Å². The molecule has 0 aromatic heterocycles. The zero-order chi connectivity index (χ0) is 15.0. The number of nitrogens with two attached hydrogens (primary N) is 2. The fourth-order valence-electron chi connectivity index (χ4n) is 3.87. The van der Waals surface area contributed by atoms with Crippen molar-refractivity contribution in [3.8, 4) is 0 Å². The third-order valence-corrected chi connectivity index (χ3v) is 5.79. The SMILES string of the molecule is Nc1ccc(S(N)(=O)=O)cc1N1CCCC1C1CCCC1. The minimum Gasteiger partial charge on any atom is -0.397 e. The molecule has 21 heavy (non-hydrogen) atoms. The summed E-state index contributed by atoms with van der Waals surface area (Å²) in [6.07, 6.45) is 7.47. The predicted molar refractivity (Wildman–Crippen MR) is 84.6 cm³/mol. The van der Waals surface area contributed by atoms with Crippen LogP contribution in [0.4, 0.5) is 11.4 Å². The van der Waals surface area contributed by atoms with Gasteiger partial charge in [0, 0.05) is 12.6 Å². The average Bonchev–Trinajstić information content (AvgIpc) is 3.08. The Balaban J connectivity index is 1.94. The maximum absolute atomic E-state index is 11.6. The fourth-order valence-corrected chi connectivity index (χ4v) is 4.41. The molecule has 1 aromatic rings. The lowest BCUT2D eigenvalue weighted by Gasteiger charge is -2.32. The molecule has 0 bridgehead atoms. The van der Waals surface area contributed by atoms with Gasteiger partial charge in [-0.2, -0.15) is 0 Å². The summed E-state index contributed by atoms with van der Waals surface area (Å²) in [5.41, 5.74) is 7.56. The largest absolute Gasteiger partial charge is 0.397 e. The second kappa shape index (κ2) is 5.50. The molecule has 1 aliphatic heterocycles. The van der Waals surface area contributed by atoms with Gasteiger partial charge in [0.2, 0.25) is 10.0 Å². The highest BCUT2D eigenvalue weighted by Crippen LogP contribution is 2.40. The number of anilines is 2. The summed E-state index contributed by atoms with van der Waals surface area (Å²) in [4.78, 5) is 2.45. The van der Waals surface area contributed by atoms with Crippen molar-refractivity contribution < 1.29 is 8.42 Å². The number of hydrogen-bond donors (Lipinski definition) is 2. The van der Waals surface area contributed by atoms with Crippen LogP contribution in [-0.4, -0.2) is 21.0 Å². The van der Waals surface area contributed by atoms with Crippen molar-refractivity contribution in [3.63, 3.8) is 0 Å². The van der Waals surface area contributed by atoms with E-state index in [2.05, 4.69) is 4.90 Å². The Hall–Kier alpha value is -1.27. The average molecular weight is 309 g/mol. The van der Waals surface area contributed by atoms with Crippen LogP contribution in [0.25, 0.3) is 0 Å². The molecule has 1 aliphatic carbocycles. The molecule has 2 aliphatic rings. The molecular formula is C15H23N3O2S. The van der Waals surface area contributed by atoms with Gasteiger partial charge >= 0.3 is 0 Å². The zero-order valence-electron chi connectivity index (χ0n) is 12.2. The highest BCUT2D eigenvalue weighted by Gasteiger charge is 2.34. The van der Waals surface area contributed by atoms with Gasteiger partial charge < -0.3 is 10.6 Å². The molecule has 0 radical (unpaired) electrons. The maximum Gasteiger partial charge on any atom is 0.238 e. The van der Waals surface area contributed by atoms with Crippen LogP contribution in [-0.2, 0) is 10.0 Å². The van der Waals surface area contributed by atoms with Crippen molar-refractivity contribution in [2.75, 3.05) is 17.2 Å². The molecule has 1 aromatic carbocycles. The molecular weight excluding hydrogens is 286 g/mol. The molecule has 6 heteroatoms. The second-order valence-corrected chi connectivity index (χ2v) is 7.77. The molecule has 0 spiro atoms. The third-order valence-electron chi connectivity index (χ3n) is 4.88. The number of sulfonamides is 1. The second-order valence-electron chi connectivity index (χ2n) is 6.21. The van der Waals surface area contributed by atoms with Crippen molar-refractivity contribution in [2.45, 2.75) is 49.5 Å². The molecule has 1 saturated carbocycles. The van der Waals surface area contributed by atoms with Gasteiger partial charge in [0.05, 0.1) is 16.3 Å². The zero-order valence-corrected chi connectivity index (χ0v) is 13.0. The van der Waals surface area contributed by atoms with Crippen LogP contribution >= 0.6 is 0 Å². The van der Waals surface area contributed by atoms with Crippen LogP contribution in [0, 0.1) is 5.92 Å². The van der Waals surface area contributed by atoms with Gasteiger partial charge in [0.1, 0.15) is 0 Å². The van der Waals surface area contributed by atoms with E-state index < -0.39 is 10.0 Å². The first-order valence-corrected chi connectivity index (χ1v) is 9.20. The Bertz CT molecular complexity index is 624. The summed E-state index contributed by atoms with van der Waals surface area (Å²) in [5.74, 6) is 0.713. The van der Waals surface area contributed by atoms with E-state index in [9.17, 15) is 8.42 Å². The minimum absolute atomic E-state index is 0.142. The number of nitrogen functional groups attached to an aromatic ring is 1. The minimum atomic E-state index is -3.69. The quantitative estimate of drug-likeness (QED) is 0.837. The van der Waals surface area contributed by atoms with Crippen molar-refractivity contribution >= 4 is 21.4 Å². The Labute approximate surface area is 126 Å². The van der Waals surface area contributed by atoms with Gasteiger partial charge in [-0.15, -0.1) is 0 Å². The predicted octanol–water partition coefficient (Wildman–Crippen LogP) is 2.08. The van der Waals surface area contributed by atoms with Gasteiger partial charge in [-0.1, -0.05) is 12.8 Å². The Morgan fingerprint density at radius 2 is 1.81 bits per heavy atom. The molecule has 2 fully saturated rings. The van der Waals surface area contributed by atoms with Crippen molar-refractivity contribution in [1.82, 2.24) is 0 Å². The molecule has 5 nitrogen and oxygen atoms in total. The number of rotatable bonds is 3. The van der Waals surface area contributed by atoms with Crippen molar-refractivity contribution in [3.05, 3.63) is 18.2 Å².